The van der Waals surface area contributed by atoms with E-state index in [9.17, 15) is 18.0 Å². The van der Waals surface area contributed by atoms with Crippen molar-refractivity contribution in [3.05, 3.63) is 54.1 Å². The van der Waals surface area contributed by atoms with Crippen LogP contribution in [0.1, 0.15) is 30.3 Å². The number of aryl methyl sites for hydroxylation is 1. The van der Waals surface area contributed by atoms with Gasteiger partial charge in [-0.3, -0.25) is 10.1 Å². The van der Waals surface area contributed by atoms with Crippen LogP contribution < -0.4 is 5.32 Å². The van der Waals surface area contributed by atoms with E-state index in [4.69, 9.17) is 0 Å². The van der Waals surface area contributed by atoms with Gasteiger partial charge >= 0.3 is 12.1 Å². The maximum absolute atomic E-state index is 12.4. The highest BCUT2D eigenvalue weighted by Crippen LogP contribution is 2.30. The summed E-state index contributed by atoms with van der Waals surface area (Å²) in [6, 6.07) is 9.36. The molecule has 27 heavy (non-hydrogen) atoms. The molecule has 1 atom stereocenters. The van der Waals surface area contributed by atoms with E-state index >= 15 is 0 Å². The summed E-state index contributed by atoms with van der Waals surface area (Å²) in [5.74, 6) is -1.88. The van der Waals surface area contributed by atoms with Crippen molar-refractivity contribution < 1.29 is 18.0 Å². The third-order valence-electron chi connectivity index (χ3n) is 4.37. The molecule has 1 aromatic carbocycles. The minimum absolute atomic E-state index is 0.199. The molecule has 0 spiro atoms. The van der Waals surface area contributed by atoms with Crippen molar-refractivity contribution in [2.24, 2.45) is 0 Å². The summed E-state index contributed by atoms with van der Waals surface area (Å²) < 4.78 is 40.6. The Labute approximate surface area is 151 Å². The maximum Gasteiger partial charge on any atom is 0.471 e. The molecule has 3 aromatic rings. The predicted octanol–water partition coefficient (Wildman–Crippen LogP) is 2.89. The highest BCUT2D eigenvalue weighted by Gasteiger charge is 2.39. The van der Waals surface area contributed by atoms with Crippen molar-refractivity contribution >= 4 is 11.9 Å². The predicted molar refractivity (Wildman–Crippen MR) is 89.3 cm³/mol. The van der Waals surface area contributed by atoms with E-state index < -0.39 is 12.1 Å². The Morgan fingerprint density at radius 3 is 2.74 bits per heavy atom. The average molecular weight is 376 g/mol. The van der Waals surface area contributed by atoms with Gasteiger partial charge in [-0.1, -0.05) is 18.2 Å². The number of amides is 1. The van der Waals surface area contributed by atoms with E-state index in [1.807, 2.05) is 36.5 Å². The van der Waals surface area contributed by atoms with Crippen LogP contribution in [0.15, 0.2) is 42.7 Å². The molecule has 0 fully saturated rings. The van der Waals surface area contributed by atoms with E-state index in [1.165, 1.54) is 0 Å². The molecule has 140 valence electrons. The number of para-hydroxylation sites is 1. The molecular weight excluding hydrogens is 361 g/mol. The number of aromatic nitrogens is 5. The van der Waals surface area contributed by atoms with Crippen LogP contribution in [0.3, 0.4) is 0 Å². The number of nitrogens with zero attached hydrogens (tertiary/aromatic N) is 5. The third-order valence-corrected chi connectivity index (χ3v) is 4.37. The van der Waals surface area contributed by atoms with E-state index in [-0.39, 0.29) is 12.0 Å². The molecule has 1 aliphatic rings. The molecular formula is C17H15F3N6O. The number of benzene rings is 1. The van der Waals surface area contributed by atoms with Gasteiger partial charge in [-0.25, -0.2) is 9.36 Å². The molecule has 7 nitrogen and oxygen atoms in total. The molecule has 0 aliphatic carbocycles. The number of fused-ring (bicyclic) bond motifs is 1. The lowest BCUT2D eigenvalue weighted by atomic mass is 10.0. The van der Waals surface area contributed by atoms with Crippen molar-refractivity contribution in [3.63, 3.8) is 0 Å². The minimum atomic E-state index is -4.98. The minimum Gasteiger partial charge on any atom is -0.285 e. The van der Waals surface area contributed by atoms with Gasteiger partial charge in [-0.05, 0) is 25.0 Å². The van der Waals surface area contributed by atoms with E-state index in [1.54, 1.807) is 20.9 Å². The lowest BCUT2D eigenvalue weighted by Crippen LogP contribution is -2.30. The lowest BCUT2D eigenvalue weighted by molar-refractivity contribution is -0.167. The van der Waals surface area contributed by atoms with Gasteiger partial charge in [0.2, 0.25) is 5.95 Å². The van der Waals surface area contributed by atoms with Crippen molar-refractivity contribution in [3.8, 4) is 5.69 Å². The zero-order valence-electron chi connectivity index (χ0n) is 14.0. The Bertz CT molecular complexity index is 963. The van der Waals surface area contributed by atoms with Crippen LogP contribution in [0.4, 0.5) is 19.1 Å². The zero-order chi connectivity index (χ0) is 19.0. The number of alkyl halides is 3. The Hall–Kier alpha value is -3.17. The molecule has 0 radical (unpaired) electrons. The molecule has 1 aliphatic heterocycles. The normalized spacial score (nSPS) is 16.8. The van der Waals surface area contributed by atoms with Crippen molar-refractivity contribution in [2.45, 2.75) is 31.5 Å². The van der Waals surface area contributed by atoms with Gasteiger partial charge in [0.1, 0.15) is 5.82 Å². The standard InChI is InChI=1S/C17H15F3N6O/c18-17(19,20)15(27)23-16-22-14-8-4-7-13(26(14)24-16)11-9-21-25(10-11)12-5-2-1-3-6-12/h1-3,5-6,9-10,13H,4,7-8H2,(H,23,24,27). The molecule has 1 N–H and O–H groups in total. The number of carbonyl (C=O) groups excluding carboxylic acids is 1. The fraction of sp³-hybridized carbons (Fsp3) is 0.294. The SMILES string of the molecule is O=C(Nc1nc2n(n1)C(c1cnn(-c3ccccc3)c1)CCC2)C(F)(F)F. The number of hydrogen-bond donors (Lipinski definition) is 1. The third kappa shape index (κ3) is 3.42. The summed E-state index contributed by atoms with van der Waals surface area (Å²) in [5, 5.41) is 10.2. The second-order valence-electron chi connectivity index (χ2n) is 6.21. The molecule has 3 heterocycles. The van der Waals surface area contributed by atoms with Gasteiger partial charge in [-0.15, -0.1) is 5.10 Å². The summed E-state index contributed by atoms with van der Waals surface area (Å²) in [6.45, 7) is 0. The molecule has 10 heteroatoms. The Kier molecular flexibility index (Phi) is 4.17. The highest BCUT2D eigenvalue weighted by atomic mass is 19.4. The van der Waals surface area contributed by atoms with Gasteiger partial charge < -0.3 is 0 Å². The van der Waals surface area contributed by atoms with Crippen molar-refractivity contribution in [1.82, 2.24) is 24.5 Å². The Morgan fingerprint density at radius 2 is 2.00 bits per heavy atom. The Morgan fingerprint density at radius 1 is 1.22 bits per heavy atom. The first-order valence-electron chi connectivity index (χ1n) is 8.35. The number of nitrogens with one attached hydrogen (secondary N) is 1. The van der Waals surface area contributed by atoms with Crippen LogP contribution >= 0.6 is 0 Å². The van der Waals surface area contributed by atoms with Gasteiger partial charge in [-0.2, -0.15) is 23.3 Å². The summed E-state index contributed by atoms with van der Waals surface area (Å²) in [6.07, 6.45) is 0.740. The number of rotatable bonds is 3. The van der Waals surface area contributed by atoms with Crippen LogP contribution in [-0.2, 0) is 11.2 Å². The first-order valence-corrected chi connectivity index (χ1v) is 8.35. The average Bonchev–Trinajstić information content (AvgIpc) is 3.28. The first-order chi connectivity index (χ1) is 12.9. The van der Waals surface area contributed by atoms with Crippen LogP contribution in [0.5, 0.6) is 0 Å². The molecule has 4 rings (SSSR count). The quantitative estimate of drug-likeness (QED) is 0.763. The number of anilines is 1. The molecule has 2 aromatic heterocycles. The summed E-state index contributed by atoms with van der Waals surface area (Å²) >= 11 is 0. The molecule has 1 amide bonds. The molecule has 0 bridgehead atoms. The molecule has 1 unspecified atom stereocenters. The Balaban J connectivity index is 1.60. The highest BCUT2D eigenvalue weighted by molar-refractivity contribution is 5.93. The van der Waals surface area contributed by atoms with E-state index in [0.717, 1.165) is 24.1 Å². The summed E-state index contributed by atoms with van der Waals surface area (Å²) in [4.78, 5) is 15.2. The fourth-order valence-corrected chi connectivity index (χ4v) is 3.12. The smallest absolute Gasteiger partial charge is 0.285 e. The molecule has 0 saturated heterocycles. The first kappa shape index (κ1) is 17.3. The number of hydrogen-bond acceptors (Lipinski definition) is 4. The van der Waals surface area contributed by atoms with Crippen LogP contribution in [0, 0.1) is 0 Å². The van der Waals surface area contributed by atoms with E-state index in [2.05, 4.69) is 15.2 Å². The van der Waals surface area contributed by atoms with Crippen molar-refractivity contribution in [2.75, 3.05) is 5.32 Å². The largest absolute Gasteiger partial charge is 0.471 e. The number of carbonyl (C=O) groups is 1. The number of halogens is 3. The second-order valence-corrected chi connectivity index (χ2v) is 6.21. The van der Waals surface area contributed by atoms with Gasteiger partial charge in [0.15, 0.2) is 0 Å². The summed E-state index contributed by atoms with van der Waals surface area (Å²) in [7, 11) is 0. The topological polar surface area (TPSA) is 77.6 Å². The van der Waals surface area contributed by atoms with Crippen LogP contribution in [0.2, 0.25) is 0 Å². The fourth-order valence-electron chi connectivity index (χ4n) is 3.12. The monoisotopic (exact) mass is 376 g/mol. The lowest BCUT2D eigenvalue weighted by Gasteiger charge is -2.22. The second kappa shape index (κ2) is 6.53. The summed E-state index contributed by atoms with van der Waals surface area (Å²) in [5.41, 5.74) is 1.77. The van der Waals surface area contributed by atoms with Crippen LogP contribution in [0.25, 0.3) is 5.69 Å². The van der Waals surface area contributed by atoms with Crippen LogP contribution in [-0.4, -0.2) is 36.6 Å². The van der Waals surface area contributed by atoms with E-state index in [0.29, 0.717) is 12.2 Å². The molecule has 0 saturated carbocycles. The van der Waals surface area contributed by atoms with Gasteiger partial charge in [0.05, 0.1) is 17.9 Å². The maximum atomic E-state index is 12.4. The van der Waals surface area contributed by atoms with Gasteiger partial charge in [0.25, 0.3) is 0 Å². The van der Waals surface area contributed by atoms with Crippen molar-refractivity contribution in [1.29, 1.82) is 0 Å². The zero-order valence-corrected chi connectivity index (χ0v) is 14.0. The van der Waals surface area contributed by atoms with Gasteiger partial charge in [0, 0.05) is 18.2 Å².